The van der Waals surface area contributed by atoms with E-state index in [1.165, 1.54) is 0 Å². The van der Waals surface area contributed by atoms with Crippen molar-refractivity contribution in [3.8, 4) is 17.0 Å². The first-order valence-electron chi connectivity index (χ1n) is 6.30. The average molecular weight is 262 g/mol. The molecule has 20 heavy (non-hydrogen) atoms. The van der Waals surface area contributed by atoms with Crippen LogP contribution < -0.4 is 0 Å². The van der Waals surface area contributed by atoms with Crippen LogP contribution >= 0.6 is 0 Å². The van der Waals surface area contributed by atoms with Crippen molar-refractivity contribution >= 4 is 16.6 Å². The Kier molecular flexibility index (Phi) is 2.02. The van der Waals surface area contributed by atoms with E-state index < -0.39 is 0 Å². The molecule has 0 radical (unpaired) electrons. The molecule has 96 valence electrons. The van der Waals surface area contributed by atoms with Gasteiger partial charge in [0.2, 0.25) is 0 Å². The maximum Gasteiger partial charge on any atom is 0.194 e. The van der Waals surface area contributed by atoms with Crippen molar-refractivity contribution in [2.45, 2.75) is 6.92 Å². The second kappa shape index (κ2) is 3.63. The maximum atomic E-state index is 12.7. The number of aromatic hydroxyl groups is 1. The smallest absolute Gasteiger partial charge is 0.194 e. The zero-order valence-corrected chi connectivity index (χ0v) is 10.7. The molecular formula is C16H10N2O2. The van der Waals surface area contributed by atoms with Crippen molar-refractivity contribution in [2.75, 3.05) is 0 Å². The number of benzene rings is 2. The first-order valence-corrected chi connectivity index (χ1v) is 6.30. The van der Waals surface area contributed by atoms with Gasteiger partial charge in [-0.2, -0.15) is 5.10 Å². The Morgan fingerprint density at radius 1 is 1.10 bits per heavy atom. The van der Waals surface area contributed by atoms with E-state index in [0.717, 1.165) is 16.3 Å². The number of aromatic nitrogens is 2. The van der Waals surface area contributed by atoms with Crippen molar-refractivity contribution in [1.82, 2.24) is 10.2 Å². The van der Waals surface area contributed by atoms with Gasteiger partial charge in [0, 0.05) is 21.9 Å². The predicted octanol–water partition coefficient (Wildman–Crippen LogP) is 2.86. The monoisotopic (exact) mass is 262 g/mol. The summed E-state index contributed by atoms with van der Waals surface area (Å²) in [6.45, 7) is 1.91. The number of ketones is 1. The lowest BCUT2D eigenvalue weighted by Crippen LogP contribution is -2.13. The highest BCUT2D eigenvalue weighted by Gasteiger charge is 2.29. The third kappa shape index (κ3) is 1.23. The van der Waals surface area contributed by atoms with Gasteiger partial charge in [-0.05, 0) is 18.6 Å². The van der Waals surface area contributed by atoms with Crippen LogP contribution in [0.2, 0.25) is 0 Å². The van der Waals surface area contributed by atoms with Gasteiger partial charge >= 0.3 is 0 Å². The molecule has 1 aliphatic carbocycles. The second-order valence-corrected chi connectivity index (χ2v) is 4.94. The summed E-state index contributed by atoms with van der Waals surface area (Å²) in [5, 5.41) is 19.9. The van der Waals surface area contributed by atoms with Crippen molar-refractivity contribution in [1.29, 1.82) is 0 Å². The Labute approximate surface area is 114 Å². The molecule has 1 heterocycles. The number of nitrogens with zero attached hydrogens (tertiary/aromatic N) is 2. The van der Waals surface area contributed by atoms with Crippen molar-refractivity contribution in [3.63, 3.8) is 0 Å². The maximum absolute atomic E-state index is 12.7. The van der Waals surface area contributed by atoms with Gasteiger partial charge in [-0.25, -0.2) is 0 Å². The van der Waals surface area contributed by atoms with Crippen LogP contribution in [0.3, 0.4) is 0 Å². The van der Waals surface area contributed by atoms with Crippen LogP contribution in [0.4, 0.5) is 0 Å². The molecule has 3 aromatic rings. The zero-order chi connectivity index (χ0) is 13.9. The van der Waals surface area contributed by atoms with E-state index in [0.29, 0.717) is 22.4 Å². The predicted molar refractivity (Wildman–Crippen MR) is 74.8 cm³/mol. The number of hydrogen-bond acceptors (Lipinski definition) is 4. The van der Waals surface area contributed by atoms with Crippen LogP contribution in [-0.4, -0.2) is 21.1 Å². The molecular weight excluding hydrogens is 252 g/mol. The van der Waals surface area contributed by atoms with Crippen LogP contribution in [0.1, 0.15) is 21.5 Å². The molecule has 0 saturated carbocycles. The largest absolute Gasteiger partial charge is 0.507 e. The fourth-order valence-electron chi connectivity index (χ4n) is 2.86. The highest BCUT2D eigenvalue weighted by molar-refractivity contribution is 6.26. The van der Waals surface area contributed by atoms with Gasteiger partial charge in [-0.3, -0.25) is 4.79 Å². The fourth-order valence-corrected chi connectivity index (χ4v) is 2.86. The van der Waals surface area contributed by atoms with Crippen molar-refractivity contribution in [2.24, 2.45) is 0 Å². The van der Waals surface area contributed by atoms with Crippen LogP contribution in [0.5, 0.6) is 5.75 Å². The van der Waals surface area contributed by atoms with Gasteiger partial charge < -0.3 is 5.11 Å². The third-order valence-corrected chi connectivity index (χ3v) is 3.79. The Morgan fingerprint density at radius 3 is 2.80 bits per heavy atom. The summed E-state index contributed by atoms with van der Waals surface area (Å²) in [6, 6.07) is 8.78. The van der Waals surface area contributed by atoms with E-state index >= 15 is 0 Å². The van der Waals surface area contributed by atoms with Gasteiger partial charge in [0.25, 0.3) is 0 Å². The number of phenolic OH excluding ortho intramolecular Hbond substituents is 1. The van der Waals surface area contributed by atoms with Crippen LogP contribution in [-0.2, 0) is 0 Å². The molecule has 2 aromatic carbocycles. The zero-order valence-electron chi connectivity index (χ0n) is 10.7. The molecule has 0 bridgehead atoms. The SMILES string of the molecule is Cc1ccc2cnnc3c2c1C(=O)c1cccc(O)c1-3. The van der Waals surface area contributed by atoms with Crippen LogP contribution in [0.15, 0.2) is 36.5 Å². The number of carbonyl (C=O) groups excluding carboxylic acids is 1. The highest BCUT2D eigenvalue weighted by atomic mass is 16.3. The van der Waals surface area contributed by atoms with Crippen molar-refractivity contribution in [3.05, 3.63) is 53.2 Å². The lowest BCUT2D eigenvalue weighted by atomic mass is 9.83. The lowest BCUT2D eigenvalue weighted by Gasteiger charge is -2.20. The first kappa shape index (κ1) is 11.1. The Balaban J connectivity index is 2.31. The number of rotatable bonds is 0. The van der Waals surface area contributed by atoms with Crippen molar-refractivity contribution < 1.29 is 9.90 Å². The summed E-state index contributed by atoms with van der Waals surface area (Å²) in [6.07, 6.45) is 1.64. The van der Waals surface area contributed by atoms with Gasteiger partial charge in [0.1, 0.15) is 11.4 Å². The summed E-state index contributed by atoms with van der Waals surface area (Å²) in [7, 11) is 0. The second-order valence-electron chi connectivity index (χ2n) is 4.94. The Bertz CT molecular complexity index is 900. The molecule has 0 spiro atoms. The third-order valence-electron chi connectivity index (χ3n) is 3.79. The van der Waals surface area contributed by atoms with E-state index in [2.05, 4.69) is 10.2 Å². The summed E-state index contributed by atoms with van der Waals surface area (Å²) in [4.78, 5) is 12.7. The molecule has 0 unspecified atom stereocenters. The average Bonchev–Trinajstić information content (AvgIpc) is 2.45. The first-order chi connectivity index (χ1) is 9.68. The lowest BCUT2D eigenvalue weighted by molar-refractivity contribution is 0.103. The van der Waals surface area contributed by atoms with Gasteiger partial charge in [-0.1, -0.05) is 24.3 Å². The van der Waals surface area contributed by atoms with Gasteiger partial charge in [0.15, 0.2) is 5.78 Å². The number of fused-ring (bicyclic) bond motifs is 2. The molecule has 0 fully saturated rings. The molecule has 0 amide bonds. The number of carbonyl (C=O) groups is 1. The standard InChI is InChI=1S/C16H10N2O2/c1-8-5-6-9-7-17-18-15-13(9)12(8)16(20)10-3-2-4-11(19)14(10)15/h2-7,19H,1H3. The molecule has 0 saturated heterocycles. The number of hydrogen-bond donors (Lipinski definition) is 1. The Morgan fingerprint density at radius 2 is 1.95 bits per heavy atom. The van der Waals surface area contributed by atoms with Gasteiger partial charge in [0.05, 0.1) is 11.8 Å². The molecule has 0 aliphatic heterocycles. The van der Waals surface area contributed by atoms with Crippen LogP contribution in [0.25, 0.3) is 22.0 Å². The minimum atomic E-state index is -0.0699. The summed E-state index contributed by atoms with van der Waals surface area (Å²) in [5.74, 6) is -0.00990. The van der Waals surface area contributed by atoms with E-state index in [9.17, 15) is 9.90 Å². The highest BCUT2D eigenvalue weighted by Crippen LogP contribution is 2.42. The van der Waals surface area contributed by atoms with E-state index in [1.807, 2.05) is 19.1 Å². The summed E-state index contributed by atoms with van der Waals surface area (Å²) < 4.78 is 0. The Hall–Kier alpha value is -2.75. The molecule has 1 N–H and O–H groups in total. The topological polar surface area (TPSA) is 63.1 Å². The fraction of sp³-hybridized carbons (Fsp3) is 0.0625. The number of aryl methyl sites for hydroxylation is 1. The molecule has 1 aliphatic rings. The minimum absolute atomic E-state index is 0.0600. The number of phenols is 1. The summed E-state index contributed by atoms with van der Waals surface area (Å²) >= 11 is 0. The van der Waals surface area contributed by atoms with E-state index in [4.69, 9.17) is 0 Å². The normalized spacial score (nSPS) is 12.6. The molecule has 4 nitrogen and oxygen atoms in total. The molecule has 4 rings (SSSR count). The molecule has 1 aromatic heterocycles. The van der Waals surface area contributed by atoms with E-state index in [-0.39, 0.29) is 11.5 Å². The van der Waals surface area contributed by atoms with Gasteiger partial charge in [-0.15, -0.1) is 5.10 Å². The quantitative estimate of drug-likeness (QED) is 0.529. The summed E-state index contributed by atoms with van der Waals surface area (Å²) in [5.41, 5.74) is 3.10. The molecule has 4 heteroatoms. The minimum Gasteiger partial charge on any atom is -0.507 e. The van der Waals surface area contributed by atoms with Crippen LogP contribution in [0, 0.1) is 6.92 Å². The van der Waals surface area contributed by atoms with E-state index in [1.54, 1.807) is 24.4 Å². The molecule has 0 atom stereocenters.